The van der Waals surface area contributed by atoms with Crippen LogP contribution < -0.4 is 5.73 Å². The van der Waals surface area contributed by atoms with Crippen molar-refractivity contribution in [3.63, 3.8) is 0 Å². The molecule has 0 aliphatic carbocycles. The van der Waals surface area contributed by atoms with Crippen molar-refractivity contribution < 1.29 is 13.2 Å². The lowest BCUT2D eigenvalue weighted by Crippen LogP contribution is -2.36. The van der Waals surface area contributed by atoms with E-state index in [1.165, 1.54) is 24.3 Å². The summed E-state index contributed by atoms with van der Waals surface area (Å²) in [6.07, 6.45) is 0. The summed E-state index contributed by atoms with van der Waals surface area (Å²) in [5.41, 5.74) is 5.50. The summed E-state index contributed by atoms with van der Waals surface area (Å²) in [5, 5.41) is 8.67. The highest BCUT2D eigenvalue weighted by molar-refractivity contribution is 7.91. The Morgan fingerprint density at radius 1 is 1.35 bits per heavy atom. The maximum absolute atomic E-state index is 12.1. The minimum Gasteiger partial charge on any atom is -0.369 e. The van der Waals surface area contributed by atoms with Crippen LogP contribution in [0.2, 0.25) is 0 Å². The summed E-state index contributed by atoms with van der Waals surface area (Å²) in [6, 6.07) is 7.69. The standard InChI is InChI=1S/C13H17N3O3S/c1-2-16(10-13(15)17)7-8-20(18,19)12-5-3-11(9-14)4-6-12/h3-6H,2,7-8,10H2,1H3,(H2,15,17). The Bertz CT molecular complexity index is 603. The highest BCUT2D eigenvalue weighted by Crippen LogP contribution is 2.12. The van der Waals surface area contributed by atoms with E-state index < -0.39 is 15.7 Å². The molecule has 1 aromatic rings. The van der Waals surface area contributed by atoms with Crippen LogP contribution in [0, 0.1) is 11.3 Å². The quantitative estimate of drug-likeness (QED) is 0.770. The fraction of sp³-hybridized carbons (Fsp3) is 0.385. The second-order valence-electron chi connectivity index (χ2n) is 4.29. The Labute approximate surface area is 118 Å². The maximum atomic E-state index is 12.1. The Hall–Kier alpha value is -1.91. The second-order valence-corrected chi connectivity index (χ2v) is 6.40. The number of nitrogens with two attached hydrogens (primary N) is 1. The van der Waals surface area contributed by atoms with Crippen molar-refractivity contribution in [2.24, 2.45) is 5.73 Å². The number of likely N-dealkylation sites (N-methyl/N-ethyl adjacent to an activating group) is 1. The number of amides is 1. The first-order chi connectivity index (χ1) is 9.39. The predicted molar refractivity (Wildman–Crippen MR) is 74.5 cm³/mol. The maximum Gasteiger partial charge on any atom is 0.231 e. The Morgan fingerprint density at radius 3 is 2.40 bits per heavy atom. The van der Waals surface area contributed by atoms with Crippen LogP contribution in [0.25, 0.3) is 0 Å². The van der Waals surface area contributed by atoms with E-state index in [4.69, 9.17) is 11.0 Å². The molecule has 1 aromatic carbocycles. The van der Waals surface area contributed by atoms with Gasteiger partial charge in [0.25, 0.3) is 0 Å². The van der Waals surface area contributed by atoms with Crippen LogP contribution in [0.5, 0.6) is 0 Å². The first-order valence-electron chi connectivity index (χ1n) is 6.12. The molecule has 20 heavy (non-hydrogen) atoms. The van der Waals surface area contributed by atoms with Crippen LogP contribution >= 0.6 is 0 Å². The van der Waals surface area contributed by atoms with Gasteiger partial charge in [0, 0.05) is 6.54 Å². The third kappa shape index (κ3) is 4.64. The number of nitriles is 1. The summed E-state index contributed by atoms with van der Waals surface area (Å²) in [5.74, 6) is -0.581. The van der Waals surface area contributed by atoms with Crippen LogP contribution in [0.1, 0.15) is 12.5 Å². The molecule has 1 rings (SSSR count). The lowest BCUT2D eigenvalue weighted by Gasteiger charge is -2.18. The fourth-order valence-corrected chi connectivity index (χ4v) is 2.96. The van der Waals surface area contributed by atoms with Crippen LogP contribution in [0.4, 0.5) is 0 Å². The van der Waals surface area contributed by atoms with Gasteiger partial charge in [0.2, 0.25) is 5.91 Å². The molecule has 0 aliphatic rings. The molecule has 0 spiro atoms. The largest absolute Gasteiger partial charge is 0.369 e. The highest BCUT2D eigenvalue weighted by Gasteiger charge is 2.16. The molecule has 0 saturated heterocycles. The zero-order valence-corrected chi connectivity index (χ0v) is 12.1. The summed E-state index contributed by atoms with van der Waals surface area (Å²) < 4.78 is 24.2. The molecule has 0 aromatic heterocycles. The number of hydrogen-bond donors (Lipinski definition) is 1. The van der Waals surface area contributed by atoms with Gasteiger partial charge in [-0.25, -0.2) is 8.42 Å². The van der Waals surface area contributed by atoms with E-state index in [-0.39, 0.29) is 23.7 Å². The topological polar surface area (TPSA) is 104 Å². The predicted octanol–water partition coefficient (Wildman–Crippen LogP) is 0.139. The van der Waals surface area contributed by atoms with E-state index in [2.05, 4.69) is 0 Å². The minimum atomic E-state index is -3.43. The molecule has 7 heteroatoms. The number of carbonyl (C=O) groups is 1. The van der Waals surface area contributed by atoms with Crippen molar-refractivity contribution in [1.82, 2.24) is 4.90 Å². The Morgan fingerprint density at radius 2 is 1.95 bits per heavy atom. The van der Waals surface area contributed by atoms with Gasteiger partial charge in [0.15, 0.2) is 9.84 Å². The van der Waals surface area contributed by atoms with Gasteiger partial charge in [-0.1, -0.05) is 6.92 Å². The molecule has 0 bridgehead atoms. The molecule has 2 N–H and O–H groups in total. The molecule has 0 unspecified atom stereocenters. The van der Waals surface area contributed by atoms with E-state index in [9.17, 15) is 13.2 Å². The van der Waals surface area contributed by atoms with Crippen LogP contribution in [0.15, 0.2) is 29.2 Å². The summed E-state index contributed by atoms with van der Waals surface area (Å²) in [7, 11) is -3.43. The SMILES string of the molecule is CCN(CCS(=O)(=O)c1ccc(C#N)cc1)CC(N)=O. The third-order valence-electron chi connectivity index (χ3n) is 2.85. The molecule has 0 aliphatic heterocycles. The molecule has 0 fully saturated rings. The van der Waals surface area contributed by atoms with Crippen molar-refractivity contribution in [3.05, 3.63) is 29.8 Å². The number of hydrogen-bond acceptors (Lipinski definition) is 5. The van der Waals surface area contributed by atoms with Gasteiger partial charge in [-0.3, -0.25) is 9.69 Å². The van der Waals surface area contributed by atoms with Gasteiger partial charge in [-0.05, 0) is 30.8 Å². The van der Waals surface area contributed by atoms with Gasteiger partial charge >= 0.3 is 0 Å². The lowest BCUT2D eigenvalue weighted by molar-refractivity contribution is -0.119. The Kier molecular flexibility index (Phi) is 5.67. The molecule has 0 radical (unpaired) electrons. The first kappa shape index (κ1) is 16.1. The van der Waals surface area contributed by atoms with E-state index in [1.807, 2.05) is 13.0 Å². The van der Waals surface area contributed by atoms with Crippen molar-refractivity contribution in [2.75, 3.05) is 25.4 Å². The van der Waals surface area contributed by atoms with Crippen molar-refractivity contribution in [2.45, 2.75) is 11.8 Å². The van der Waals surface area contributed by atoms with Crippen LogP contribution in [-0.2, 0) is 14.6 Å². The van der Waals surface area contributed by atoms with E-state index in [0.29, 0.717) is 12.1 Å². The molecular weight excluding hydrogens is 278 g/mol. The van der Waals surface area contributed by atoms with Gasteiger partial charge in [-0.15, -0.1) is 0 Å². The van der Waals surface area contributed by atoms with Crippen molar-refractivity contribution in [1.29, 1.82) is 5.26 Å². The average Bonchev–Trinajstić information content (AvgIpc) is 2.43. The normalized spacial score (nSPS) is 11.2. The third-order valence-corrected chi connectivity index (χ3v) is 4.56. The molecule has 1 amide bonds. The number of carbonyl (C=O) groups excluding carboxylic acids is 1. The van der Waals surface area contributed by atoms with Crippen molar-refractivity contribution in [3.8, 4) is 6.07 Å². The first-order valence-corrected chi connectivity index (χ1v) is 7.78. The number of nitrogens with zero attached hydrogens (tertiary/aromatic N) is 2. The zero-order valence-electron chi connectivity index (χ0n) is 11.2. The molecule has 6 nitrogen and oxygen atoms in total. The number of benzene rings is 1. The smallest absolute Gasteiger partial charge is 0.231 e. The molecule has 108 valence electrons. The van der Waals surface area contributed by atoms with Crippen LogP contribution in [0.3, 0.4) is 0 Å². The van der Waals surface area contributed by atoms with Crippen LogP contribution in [-0.4, -0.2) is 44.6 Å². The Balaban J connectivity index is 2.74. The van der Waals surface area contributed by atoms with Gasteiger partial charge < -0.3 is 5.73 Å². The fourth-order valence-electron chi connectivity index (χ4n) is 1.67. The van der Waals surface area contributed by atoms with Gasteiger partial charge in [0.05, 0.1) is 28.8 Å². The summed E-state index contributed by atoms with van der Waals surface area (Å²) in [6.45, 7) is 2.66. The minimum absolute atomic E-state index is 0.0411. The monoisotopic (exact) mass is 295 g/mol. The summed E-state index contributed by atoms with van der Waals surface area (Å²) >= 11 is 0. The zero-order chi connectivity index (χ0) is 15.2. The lowest BCUT2D eigenvalue weighted by atomic mass is 10.2. The molecule has 0 saturated carbocycles. The number of primary amides is 1. The van der Waals surface area contributed by atoms with E-state index in [0.717, 1.165) is 0 Å². The van der Waals surface area contributed by atoms with Crippen molar-refractivity contribution >= 4 is 15.7 Å². The molecular formula is C13H17N3O3S. The highest BCUT2D eigenvalue weighted by atomic mass is 32.2. The molecule has 0 heterocycles. The number of rotatable bonds is 7. The molecule has 0 atom stereocenters. The second kappa shape index (κ2) is 7.03. The van der Waals surface area contributed by atoms with E-state index >= 15 is 0 Å². The van der Waals surface area contributed by atoms with Gasteiger partial charge in [-0.2, -0.15) is 5.26 Å². The van der Waals surface area contributed by atoms with Gasteiger partial charge in [0.1, 0.15) is 0 Å². The average molecular weight is 295 g/mol. The summed E-state index contributed by atoms with van der Waals surface area (Å²) in [4.78, 5) is 12.7. The van der Waals surface area contributed by atoms with E-state index in [1.54, 1.807) is 4.90 Å². The number of sulfone groups is 1.